The summed E-state index contributed by atoms with van der Waals surface area (Å²) in [5.41, 5.74) is 23.5. The van der Waals surface area contributed by atoms with E-state index in [9.17, 15) is 28.8 Å². The van der Waals surface area contributed by atoms with Crippen LogP contribution in [0.25, 0.3) is 0 Å². The number of benzene rings is 6. The van der Waals surface area contributed by atoms with E-state index in [1.807, 2.05) is 185 Å². The van der Waals surface area contributed by atoms with Gasteiger partial charge in [-0.2, -0.15) is 0 Å². The van der Waals surface area contributed by atoms with Crippen LogP contribution < -0.4 is 35.6 Å². The summed E-state index contributed by atoms with van der Waals surface area (Å²) in [7, 11) is 4.20. The Labute approximate surface area is 774 Å². The van der Waals surface area contributed by atoms with Crippen LogP contribution in [0.2, 0.25) is 0 Å². The summed E-state index contributed by atoms with van der Waals surface area (Å²) in [6.45, 7) is 12.8. The molecule has 37 heteroatoms. The van der Waals surface area contributed by atoms with Crippen molar-refractivity contribution in [3.05, 3.63) is 310 Å². The number of alkyl halides is 1. The third-order valence-corrected chi connectivity index (χ3v) is 22.9. The number of aliphatic carboxylic acids is 1. The first kappa shape index (κ1) is 104. The molecule has 9 N–H and O–H groups in total. The average Bonchev–Trinajstić information content (AvgIpc) is 1.85. The fourth-order valence-electron chi connectivity index (χ4n) is 12.5. The number of carboxylic acids is 1. The van der Waals surface area contributed by atoms with Gasteiger partial charge in [-0.25, -0.2) is 19.9 Å². The Balaban J connectivity index is 0.000000260. The van der Waals surface area contributed by atoms with Crippen molar-refractivity contribution in [3.8, 4) is 0 Å². The maximum absolute atomic E-state index is 12.8. The zero-order valence-electron chi connectivity index (χ0n) is 72.5. The summed E-state index contributed by atoms with van der Waals surface area (Å²) >= 11 is 9.17. The molecule has 8 aromatic heterocycles. The van der Waals surface area contributed by atoms with Crippen LogP contribution >= 0.6 is 61.3 Å². The Hall–Kier alpha value is -12.0. The van der Waals surface area contributed by atoms with Crippen LogP contribution in [0.15, 0.2) is 195 Å². The number of anilines is 3. The van der Waals surface area contributed by atoms with Gasteiger partial charge in [0.2, 0.25) is 21.3 Å². The minimum absolute atomic E-state index is 0. The van der Waals surface area contributed by atoms with Crippen LogP contribution in [0.1, 0.15) is 141 Å². The molecule has 664 valence electrons. The second-order valence-electron chi connectivity index (χ2n) is 28.7. The minimum atomic E-state index is -0.805. The molecule has 31 nitrogen and oxygen atoms in total. The number of hydrogen-bond donors (Lipinski definition) is 4. The topological polar surface area (TPSA) is 450 Å². The number of ketones is 1. The fraction of sp³-hybridized carbons (Fsp3) is 0.311. The van der Waals surface area contributed by atoms with Crippen LogP contribution in [0.4, 0.5) is 15.4 Å². The largest absolute Gasteiger partial charge is 1.00 e. The van der Waals surface area contributed by atoms with E-state index in [1.165, 1.54) is 72.2 Å². The molecule has 14 aromatic rings. The van der Waals surface area contributed by atoms with Crippen LogP contribution in [0.3, 0.4) is 0 Å². The van der Waals surface area contributed by atoms with E-state index >= 15 is 0 Å². The summed E-state index contributed by atoms with van der Waals surface area (Å²) in [4.78, 5) is 86.1. The average molecular weight is 1860 g/mol. The summed E-state index contributed by atoms with van der Waals surface area (Å²) in [5, 5.41) is 51.1. The summed E-state index contributed by atoms with van der Waals surface area (Å²) in [6.07, 6.45) is 24.2. The molecule has 0 saturated carbocycles. The number of carbonyl (C=O) groups is 6. The van der Waals surface area contributed by atoms with Crippen molar-refractivity contribution in [3.63, 3.8) is 0 Å². The van der Waals surface area contributed by atoms with Crippen LogP contribution in [-0.2, 0) is 145 Å². The van der Waals surface area contributed by atoms with Gasteiger partial charge in [0.05, 0.1) is 59.9 Å². The number of esters is 3. The molecule has 0 aliphatic heterocycles. The number of hydrogen-bond acceptors (Lipinski definition) is 28. The van der Waals surface area contributed by atoms with E-state index in [0.29, 0.717) is 54.0 Å². The molecule has 0 atom stereocenters. The van der Waals surface area contributed by atoms with E-state index in [2.05, 4.69) is 134 Å². The number of nitrogens with zero attached hydrogens (tertiary/aromatic N) is 16. The molecule has 14 rings (SSSR count). The van der Waals surface area contributed by atoms with Gasteiger partial charge in [0, 0.05) is 113 Å². The second-order valence-corrected chi connectivity index (χ2v) is 33.6. The number of halogens is 1. The maximum Gasteiger partial charge on any atom is 1.00 e. The Morgan fingerprint density at radius 3 is 1.04 bits per heavy atom. The first-order valence-corrected chi connectivity index (χ1v) is 44.3. The van der Waals surface area contributed by atoms with Crippen molar-refractivity contribution >= 4 is 112 Å². The molecule has 0 bridgehead atoms. The Kier molecular flexibility index (Phi) is 45.3. The zero-order chi connectivity index (χ0) is 88.5. The molecule has 1 amide bonds. The number of carbonyl (C=O) groups excluding carboxylic acids is 5. The molecule has 0 saturated heterocycles. The number of aryl methyl sites for hydroxylation is 9. The molecule has 0 spiro atoms. The van der Waals surface area contributed by atoms with Crippen LogP contribution in [-0.4, -0.2) is 152 Å². The summed E-state index contributed by atoms with van der Waals surface area (Å²) in [6, 6.07) is 47.5. The van der Waals surface area contributed by atoms with Gasteiger partial charge in [0.25, 0.3) is 0 Å². The van der Waals surface area contributed by atoms with Crippen molar-refractivity contribution in [2.45, 2.75) is 162 Å². The van der Waals surface area contributed by atoms with Gasteiger partial charge in [-0.05, 0) is 121 Å². The third kappa shape index (κ3) is 38.0. The van der Waals surface area contributed by atoms with Gasteiger partial charge in [0.1, 0.15) is 54.1 Å². The monoisotopic (exact) mass is 1860 g/mol. The van der Waals surface area contributed by atoms with E-state index in [-0.39, 0.29) is 72.3 Å². The van der Waals surface area contributed by atoms with E-state index in [0.717, 1.165) is 186 Å². The number of methoxy groups -OCH3 is 3. The van der Waals surface area contributed by atoms with Crippen molar-refractivity contribution in [2.24, 2.45) is 0 Å². The fourth-order valence-corrected chi connectivity index (χ4v) is 15.8. The number of aromatic nitrogens is 16. The Morgan fingerprint density at radius 1 is 0.386 bits per heavy atom. The third-order valence-electron chi connectivity index (χ3n) is 18.7. The predicted molar refractivity (Wildman–Crippen MR) is 491 cm³/mol. The summed E-state index contributed by atoms with van der Waals surface area (Å²) in [5.74, 6) is 2.44. The molecule has 0 aliphatic carbocycles. The molecule has 0 aliphatic rings. The first-order chi connectivity index (χ1) is 59.9. The van der Waals surface area contributed by atoms with Gasteiger partial charge in [-0.15, -0.1) is 52.1 Å². The number of nitrogens with two attached hydrogens (primary N) is 2. The number of ether oxygens (including phenoxy) is 3. The number of unbranched alkanes of at least 4 members (excludes halogenated alkanes) is 2. The molecule has 0 radical (unpaired) electrons. The molecule has 0 unspecified atom stereocenters. The normalized spacial score (nSPS) is 10.3. The van der Waals surface area contributed by atoms with E-state index < -0.39 is 5.97 Å². The van der Waals surface area contributed by atoms with Crippen molar-refractivity contribution < 1.29 is 77.9 Å². The number of amides is 1. The van der Waals surface area contributed by atoms with Crippen molar-refractivity contribution in [1.82, 2.24) is 79.0 Å². The maximum atomic E-state index is 12.8. The number of carboxylic acid groups (broad SMARTS) is 1. The van der Waals surface area contributed by atoms with Crippen LogP contribution in [0, 0.1) is 34.6 Å². The molecule has 6 aromatic carbocycles. The molecule has 0 fully saturated rings. The Morgan fingerprint density at radius 2 is 0.693 bits per heavy atom. The number of Topliss-reactive ketones (excluding diaryl/α,β-unsaturated/α-hetero) is 1. The van der Waals surface area contributed by atoms with Gasteiger partial charge in [-0.3, -0.25) is 28.8 Å². The van der Waals surface area contributed by atoms with Gasteiger partial charge < -0.3 is 65.3 Å². The smallest absolute Gasteiger partial charge is 0.870 e. The minimum Gasteiger partial charge on any atom is -0.870 e. The van der Waals surface area contributed by atoms with E-state index in [1.54, 1.807) is 24.8 Å². The first-order valence-electron chi connectivity index (χ1n) is 39.9. The summed E-state index contributed by atoms with van der Waals surface area (Å²) < 4.78 is 22.1. The molecule has 8 heterocycles. The van der Waals surface area contributed by atoms with E-state index in [4.69, 9.17) is 16.6 Å². The van der Waals surface area contributed by atoms with Gasteiger partial charge in [-0.1, -0.05) is 201 Å². The van der Waals surface area contributed by atoms with Gasteiger partial charge >= 0.3 is 42.7 Å². The molecular formula is C90H105BrLiN19O12S4. The predicted octanol–water partition coefficient (Wildman–Crippen LogP) is 10.5. The zero-order valence-corrected chi connectivity index (χ0v) is 77.4. The number of imidazole rings is 4. The number of rotatable bonds is 34. The number of nitrogen functional groups attached to an aromatic ring is 2. The van der Waals surface area contributed by atoms with Crippen LogP contribution in [0.5, 0.6) is 0 Å². The molecule has 127 heavy (non-hydrogen) atoms. The Bertz CT molecular complexity index is 5540. The second kappa shape index (κ2) is 55.5. The molecular weight excluding hydrogens is 1750 g/mol. The van der Waals surface area contributed by atoms with Crippen molar-refractivity contribution in [2.75, 3.05) is 38.1 Å². The van der Waals surface area contributed by atoms with Gasteiger partial charge in [0.15, 0.2) is 0 Å². The van der Waals surface area contributed by atoms with Crippen molar-refractivity contribution in [1.29, 1.82) is 0 Å². The standard InChI is InChI=1S/C35H37N9O2S2.C14H16N2O2.C13H14N2O2.C10H11BrO2.C10H12O2.C8H12N6S2.Li.2H2O/c1-24-36-13-15-43(24)22-28-9-5-7-26(17-28)19-30(45)21-34-41-39-32(47-34)11-3-4-12-33-40-42-35(48-33)38-31(46)20-27-8-6-10-29(18-27)23-44-16-14-37-25(44)2;1-11-15-6-7-16(11)10-13-5-3-4-12(8-13)9-14(17)18-2;1-10-14-5-6-15(10)9-12-4-2-3-11(7-12)8-13(16)17;1-13-10(12)6-8-3-2-4-9(5-8)7-11;1-8-4-3-5-9(6-8)7-10(11)12-2;9-7-13-11-5(15-7)3-1-2-4-6-12-14-8(10)16-6;;;/h5-10,13-18H,3-4,11-12,19-23H2,1-2H3,(H,38,42,46);3-8H,9-10H2,1-2H3;2-7H,8-9H2,1H3,(H,16,17);2-5H,6-7H2,1H3;3-6H,7H2,1-2H3;1-4H2,(H2,9,13)(H2,10,14);;2*1H2/q;;;;;;+1;;/p-1. The number of nitrogens with one attached hydrogen (secondary N) is 1. The SMILES string of the molecule is COC(=O)Cc1cccc(C)c1.COC(=O)Cc1cccc(CBr)c1.COC(=O)Cc1cccc(Cn2ccnc2C)c1.Cc1nccn1Cc1cccc(CC(=O)Cc2nnc(CCCCc3nnc(NC(=O)Cc4cccc(Cn5ccnc5C)c4)s3)s2)c1.Cc1nccn1Cc1cccc(CC(=O)O)c1.Nc1nnc(CCCCc2nnc(N)s2)s1.O.[Li+].[OH-]. The quantitative estimate of drug-likeness (QED) is 0.00957.